The molecular weight excluding hydrogens is 158 g/mol. The van der Waals surface area contributed by atoms with Gasteiger partial charge in [0.05, 0.1) is 0 Å². The predicted molar refractivity (Wildman–Crippen MR) is 33.3 cm³/mol. The smallest absolute Gasteiger partial charge is 0.193 e. The van der Waals surface area contributed by atoms with E-state index in [2.05, 4.69) is 15.9 Å². The zero-order valence-corrected chi connectivity index (χ0v) is 5.94. The lowest BCUT2D eigenvalue weighted by Gasteiger charge is -2.07. The van der Waals surface area contributed by atoms with Crippen molar-refractivity contribution in [3.63, 3.8) is 0 Å². The summed E-state index contributed by atoms with van der Waals surface area (Å²) < 4.78 is 0. The van der Waals surface area contributed by atoms with E-state index in [1.807, 2.05) is 0 Å². The lowest BCUT2D eigenvalue weighted by molar-refractivity contribution is 0.266. The molecule has 7 heavy (non-hydrogen) atoms. The predicted octanol–water partition coefficient (Wildman–Crippen LogP) is 1.30. The van der Waals surface area contributed by atoms with Crippen LogP contribution in [0, 0.1) is 0 Å². The minimum absolute atomic E-state index is 0.222. The van der Waals surface area contributed by atoms with Gasteiger partial charge in [0.2, 0.25) is 0 Å². The Labute approximate surface area is 51.6 Å². The fourth-order valence-electron chi connectivity index (χ4n) is 0.0976. The molecule has 0 unspecified atom stereocenters. The molecule has 0 rings (SSSR count). The van der Waals surface area contributed by atoms with Crippen molar-refractivity contribution in [1.29, 1.82) is 0 Å². The van der Waals surface area contributed by atoms with E-state index < -0.39 is 0 Å². The molecular formula is C4H8BrNO. The molecule has 0 saturated heterocycles. The van der Waals surface area contributed by atoms with Crippen LogP contribution in [0.15, 0.2) is 10.9 Å². The zero-order chi connectivity index (χ0) is 5.86. The molecule has 0 heterocycles. The summed E-state index contributed by atoms with van der Waals surface area (Å²) in [7, 11) is 3.51. The summed E-state index contributed by atoms with van der Waals surface area (Å²) in [4.78, 5) is 3.04. The van der Waals surface area contributed by atoms with E-state index in [0.29, 0.717) is 0 Å². The molecule has 0 aliphatic rings. The molecule has 0 aliphatic heterocycles. The molecule has 0 aliphatic carbocycles. The molecule has 42 valence electrons. The van der Waals surface area contributed by atoms with Crippen molar-refractivity contribution in [2.75, 3.05) is 14.1 Å². The SMILES string of the molecule is CN(C)/C(O)=C/Br. The second kappa shape index (κ2) is 2.91. The highest BCUT2D eigenvalue weighted by molar-refractivity contribution is 9.11. The summed E-state index contributed by atoms with van der Waals surface area (Å²) in [5.41, 5.74) is 0. The standard InChI is InChI=1S/C4H8BrNO/c1-6(2)4(7)3-5/h3,7H,1-2H3/b4-3-. The van der Waals surface area contributed by atoms with Gasteiger partial charge in [-0.3, -0.25) is 0 Å². The normalized spacial score (nSPS) is 11.6. The highest BCUT2D eigenvalue weighted by Gasteiger charge is 1.87. The maximum atomic E-state index is 8.68. The Balaban J connectivity index is 3.56. The van der Waals surface area contributed by atoms with Crippen molar-refractivity contribution in [3.8, 4) is 0 Å². The van der Waals surface area contributed by atoms with E-state index in [-0.39, 0.29) is 5.88 Å². The number of aliphatic hydroxyl groups excluding tert-OH is 1. The first kappa shape index (κ1) is 6.82. The van der Waals surface area contributed by atoms with E-state index in [1.165, 1.54) is 4.99 Å². The third-order valence-electron chi connectivity index (χ3n) is 0.556. The summed E-state index contributed by atoms with van der Waals surface area (Å²) >= 11 is 2.96. The molecule has 0 aromatic heterocycles. The molecule has 0 atom stereocenters. The molecule has 1 N–H and O–H groups in total. The van der Waals surface area contributed by atoms with Gasteiger partial charge in [0.1, 0.15) is 0 Å². The maximum Gasteiger partial charge on any atom is 0.193 e. The van der Waals surface area contributed by atoms with Crippen LogP contribution in [-0.4, -0.2) is 24.1 Å². The largest absolute Gasteiger partial charge is 0.494 e. The summed E-state index contributed by atoms with van der Waals surface area (Å²) in [6.45, 7) is 0. The third-order valence-corrected chi connectivity index (χ3v) is 0.965. The van der Waals surface area contributed by atoms with Crippen molar-refractivity contribution in [1.82, 2.24) is 4.90 Å². The second-order valence-electron chi connectivity index (χ2n) is 1.36. The second-order valence-corrected chi connectivity index (χ2v) is 1.82. The number of nitrogens with zero attached hydrogens (tertiary/aromatic N) is 1. The first-order valence-corrected chi connectivity index (χ1v) is 2.76. The molecule has 3 heteroatoms. The van der Waals surface area contributed by atoms with Crippen LogP contribution in [0.2, 0.25) is 0 Å². The minimum atomic E-state index is 0.222. The van der Waals surface area contributed by atoms with Gasteiger partial charge in [-0.1, -0.05) is 15.9 Å². The third kappa shape index (κ3) is 2.51. The quantitative estimate of drug-likeness (QED) is 0.593. The fraction of sp³-hybridized carbons (Fsp3) is 0.500. The van der Waals surface area contributed by atoms with E-state index in [0.717, 1.165) is 0 Å². The average Bonchev–Trinajstić information content (AvgIpc) is 1.65. The van der Waals surface area contributed by atoms with Crippen LogP contribution in [0.3, 0.4) is 0 Å². The number of halogens is 1. The van der Waals surface area contributed by atoms with Crippen LogP contribution in [0.5, 0.6) is 0 Å². The molecule has 0 radical (unpaired) electrons. The van der Waals surface area contributed by atoms with Gasteiger partial charge in [-0.2, -0.15) is 0 Å². The molecule has 0 amide bonds. The summed E-state index contributed by atoms with van der Waals surface area (Å²) in [5.74, 6) is 0.222. The maximum absolute atomic E-state index is 8.68. The van der Waals surface area contributed by atoms with E-state index >= 15 is 0 Å². The van der Waals surface area contributed by atoms with Gasteiger partial charge in [0, 0.05) is 19.1 Å². The summed E-state index contributed by atoms with van der Waals surface area (Å²) in [5, 5.41) is 8.68. The van der Waals surface area contributed by atoms with Gasteiger partial charge in [-0.15, -0.1) is 0 Å². The lowest BCUT2D eigenvalue weighted by atomic mass is 10.8. The highest BCUT2D eigenvalue weighted by Crippen LogP contribution is 1.94. The van der Waals surface area contributed by atoms with Crippen molar-refractivity contribution in [2.24, 2.45) is 0 Å². The molecule has 0 fully saturated rings. The van der Waals surface area contributed by atoms with Gasteiger partial charge in [0.25, 0.3) is 0 Å². The molecule has 0 saturated carbocycles. The first-order chi connectivity index (χ1) is 3.18. The average molecular weight is 166 g/mol. The number of hydrogen-bond donors (Lipinski definition) is 1. The fourth-order valence-corrected chi connectivity index (χ4v) is 0.507. The molecule has 0 aromatic carbocycles. The van der Waals surface area contributed by atoms with Crippen molar-refractivity contribution < 1.29 is 5.11 Å². The van der Waals surface area contributed by atoms with Crippen molar-refractivity contribution in [3.05, 3.63) is 10.9 Å². The molecule has 0 spiro atoms. The highest BCUT2D eigenvalue weighted by atomic mass is 79.9. The Bertz CT molecular complexity index is 79.8. The van der Waals surface area contributed by atoms with Crippen molar-refractivity contribution in [2.45, 2.75) is 0 Å². The zero-order valence-electron chi connectivity index (χ0n) is 4.35. The van der Waals surface area contributed by atoms with Crippen LogP contribution in [-0.2, 0) is 0 Å². The minimum Gasteiger partial charge on any atom is -0.494 e. The Kier molecular flexibility index (Phi) is 2.83. The van der Waals surface area contributed by atoms with Crippen LogP contribution >= 0.6 is 15.9 Å². The Morgan fingerprint density at radius 3 is 2.14 bits per heavy atom. The Morgan fingerprint density at radius 1 is 1.71 bits per heavy atom. The number of aliphatic hydroxyl groups is 1. The van der Waals surface area contributed by atoms with E-state index in [4.69, 9.17) is 5.11 Å². The number of hydrogen-bond acceptors (Lipinski definition) is 2. The van der Waals surface area contributed by atoms with Gasteiger partial charge >= 0.3 is 0 Å². The lowest BCUT2D eigenvalue weighted by Crippen LogP contribution is -2.08. The topological polar surface area (TPSA) is 23.5 Å². The van der Waals surface area contributed by atoms with Crippen LogP contribution in [0.4, 0.5) is 0 Å². The first-order valence-electron chi connectivity index (χ1n) is 1.85. The Morgan fingerprint density at radius 2 is 2.14 bits per heavy atom. The molecule has 0 aromatic rings. The Hall–Kier alpha value is -0.180. The van der Waals surface area contributed by atoms with Crippen LogP contribution in [0.1, 0.15) is 0 Å². The van der Waals surface area contributed by atoms with Gasteiger partial charge in [0.15, 0.2) is 5.88 Å². The summed E-state index contributed by atoms with van der Waals surface area (Å²) in [6, 6.07) is 0. The van der Waals surface area contributed by atoms with Gasteiger partial charge in [-0.05, 0) is 0 Å². The monoisotopic (exact) mass is 165 g/mol. The molecule has 2 nitrogen and oxygen atoms in total. The van der Waals surface area contributed by atoms with Gasteiger partial charge < -0.3 is 10.0 Å². The van der Waals surface area contributed by atoms with E-state index in [1.54, 1.807) is 19.0 Å². The van der Waals surface area contributed by atoms with E-state index in [9.17, 15) is 0 Å². The summed E-state index contributed by atoms with van der Waals surface area (Å²) in [6.07, 6.45) is 0. The van der Waals surface area contributed by atoms with Crippen LogP contribution < -0.4 is 0 Å². The van der Waals surface area contributed by atoms with Gasteiger partial charge in [-0.25, -0.2) is 0 Å². The van der Waals surface area contributed by atoms with Crippen LogP contribution in [0.25, 0.3) is 0 Å². The molecule has 0 bridgehead atoms. The number of rotatable bonds is 1. The van der Waals surface area contributed by atoms with Crippen molar-refractivity contribution >= 4 is 15.9 Å².